The van der Waals surface area contributed by atoms with Gasteiger partial charge in [-0.1, -0.05) is 31.9 Å². The summed E-state index contributed by atoms with van der Waals surface area (Å²) >= 11 is 0. The van der Waals surface area contributed by atoms with Gasteiger partial charge in [0.15, 0.2) is 11.5 Å². The van der Waals surface area contributed by atoms with Crippen molar-refractivity contribution in [2.45, 2.75) is 70.8 Å². The predicted octanol–water partition coefficient (Wildman–Crippen LogP) is 5.61. The number of benzene rings is 2. The number of unbranched alkanes of at least 4 members (excludes halogenated alkanes) is 3. The molecule has 0 bridgehead atoms. The summed E-state index contributed by atoms with van der Waals surface area (Å²) in [6.07, 6.45) is 9.79. The van der Waals surface area contributed by atoms with Gasteiger partial charge in [-0.2, -0.15) is 0 Å². The molecule has 0 amide bonds. The van der Waals surface area contributed by atoms with Crippen molar-refractivity contribution < 1.29 is 15.3 Å². The highest BCUT2D eigenvalue weighted by molar-refractivity contribution is 5.86. The second-order valence-electron chi connectivity index (χ2n) is 9.31. The van der Waals surface area contributed by atoms with Crippen LogP contribution in [0.2, 0.25) is 0 Å². The Bertz CT molecular complexity index is 902. The largest absolute Gasteiger partial charge is 0.506 e. The SMILES string of the molecule is CCCN(CCCCCCNCCc1ccc(O)c(N)c1)C1CCc2c(ccc(O)c2O)C1.Cl.Cl.Cl. The fourth-order valence-corrected chi connectivity index (χ4v) is 4.91. The van der Waals surface area contributed by atoms with E-state index in [9.17, 15) is 15.3 Å². The molecule has 6 N–H and O–H groups in total. The third kappa shape index (κ3) is 10.1. The van der Waals surface area contributed by atoms with Crippen LogP contribution < -0.4 is 11.1 Å². The number of nitrogens with two attached hydrogens (primary N) is 1. The number of nitrogens with zero attached hydrogens (tertiary/aromatic N) is 1. The van der Waals surface area contributed by atoms with Crippen molar-refractivity contribution in [3.8, 4) is 17.2 Å². The molecule has 0 saturated carbocycles. The standard InChI is InChI=1S/C27H41N3O3.3ClH/c1-2-16-30(22-9-10-23-21(19-22)8-12-26(32)27(23)33)17-6-4-3-5-14-29-15-13-20-7-11-25(31)24(28)18-20;;;/h7-8,11-12,18,22,29,31-33H,2-6,9-10,13-17,19,28H2,1H3;3*1H. The number of phenolic OH excluding ortho intramolecular Hbond substituents is 3. The monoisotopic (exact) mass is 563 g/mol. The van der Waals surface area contributed by atoms with Crippen molar-refractivity contribution in [1.29, 1.82) is 0 Å². The molecule has 2 aromatic rings. The zero-order valence-corrected chi connectivity index (χ0v) is 23.7. The maximum absolute atomic E-state index is 10.1. The van der Waals surface area contributed by atoms with Gasteiger partial charge in [-0.15, -0.1) is 37.2 Å². The lowest BCUT2D eigenvalue weighted by Gasteiger charge is -2.35. The summed E-state index contributed by atoms with van der Waals surface area (Å²) < 4.78 is 0. The fraction of sp³-hybridized carbons (Fsp3) is 0.556. The first-order valence-corrected chi connectivity index (χ1v) is 12.5. The number of anilines is 1. The van der Waals surface area contributed by atoms with Crippen LogP contribution in [0.15, 0.2) is 30.3 Å². The Morgan fingerprint density at radius 2 is 1.64 bits per heavy atom. The van der Waals surface area contributed by atoms with Gasteiger partial charge in [0.05, 0.1) is 5.69 Å². The number of rotatable bonds is 13. The average Bonchev–Trinajstić information content (AvgIpc) is 2.81. The summed E-state index contributed by atoms with van der Waals surface area (Å²) in [6.45, 7) is 6.44. The van der Waals surface area contributed by atoms with Crippen molar-refractivity contribution in [2.75, 3.05) is 31.9 Å². The topological polar surface area (TPSA) is 102 Å². The van der Waals surface area contributed by atoms with Gasteiger partial charge in [0, 0.05) is 11.6 Å². The van der Waals surface area contributed by atoms with Crippen molar-refractivity contribution >= 4 is 42.9 Å². The predicted molar refractivity (Wildman–Crippen MR) is 157 cm³/mol. The highest BCUT2D eigenvalue weighted by Gasteiger charge is 2.26. The zero-order chi connectivity index (χ0) is 23.6. The molecule has 9 heteroatoms. The molecule has 1 unspecified atom stereocenters. The maximum atomic E-state index is 10.1. The summed E-state index contributed by atoms with van der Waals surface area (Å²) in [5.74, 6) is 0.225. The van der Waals surface area contributed by atoms with Crippen molar-refractivity contribution in [1.82, 2.24) is 10.2 Å². The molecule has 3 rings (SSSR count). The number of phenols is 3. The fourth-order valence-electron chi connectivity index (χ4n) is 4.91. The molecule has 206 valence electrons. The smallest absolute Gasteiger partial charge is 0.160 e. The van der Waals surface area contributed by atoms with Gasteiger partial charge in [-0.3, -0.25) is 0 Å². The van der Waals surface area contributed by atoms with Crippen LogP contribution in [0.5, 0.6) is 17.2 Å². The van der Waals surface area contributed by atoms with Crippen LogP contribution in [0.3, 0.4) is 0 Å². The maximum Gasteiger partial charge on any atom is 0.160 e. The molecule has 1 atom stereocenters. The Hall–Kier alpha value is -1.57. The molecule has 36 heavy (non-hydrogen) atoms. The van der Waals surface area contributed by atoms with Gasteiger partial charge in [0.1, 0.15) is 5.75 Å². The van der Waals surface area contributed by atoms with E-state index in [1.807, 2.05) is 18.2 Å². The third-order valence-corrected chi connectivity index (χ3v) is 6.80. The summed E-state index contributed by atoms with van der Waals surface area (Å²) in [7, 11) is 0. The van der Waals surface area contributed by atoms with E-state index in [1.54, 1.807) is 12.1 Å². The second-order valence-corrected chi connectivity index (χ2v) is 9.31. The molecular formula is C27H44Cl3N3O3. The van der Waals surface area contributed by atoms with Crippen LogP contribution in [0.25, 0.3) is 0 Å². The highest BCUT2D eigenvalue weighted by atomic mass is 35.5. The van der Waals surface area contributed by atoms with E-state index in [-0.39, 0.29) is 54.5 Å². The number of nitrogens with one attached hydrogen (secondary N) is 1. The molecule has 6 nitrogen and oxygen atoms in total. The van der Waals surface area contributed by atoms with E-state index in [1.165, 1.54) is 31.2 Å². The Balaban J connectivity index is 0.00000408. The van der Waals surface area contributed by atoms with Crippen LogP contribution in [0.4, 0.5) is 5.69 Å². The first-order chi connectivity index (χ1) is 16.0. The lowest BCUT2D eigenvalue weighted by atomic mass is 9.86. The van der Waals surface area contributed by atoms with Crippen molar-refractivity contribution in [2.24, 2.45) is 0 Å². The normalized spacial score (nSPS) is 14.3. The van der Waals surface area contributed by atoms with Crippen molar-refractivity contribution in [3.05, 3.63) is 47.0 Å². The number of aromatic hydroxyl groups is 3. The minimum atomic E-state index is -0.00263. The Morgan fingerprint density at radius 1 is 0.917 bits per heavy atom. The second kappa shape index (κ2) is 17.8. The molecule has 2 aromatic carbocycles. The van der Waals surface area contributed by atoms with Crippen LogP contribution in [-0.2, 0) is 19.3 Å². The van der Waals surface area contributed by atoms with E-state index < -0.39 is 0 Å². The van der Waals surface area contributed by atoms with Gasteiger partial charge in [-0.25, -0.2) is 0 Å². The lowest BCUT2D eigenvalue weighted by molar-refractivity contribution is 0.175. The molecule has 0 radical (unpaired) electrons. The minimum absolute atomic E-state index is 0. The third-order valence-electron chi connectivity index (χ3n) is 6.80. The first-order valence-electron chi connectivity index (χ1n) is 12.5. The summed E-state index contributed by atoms with van der Waals surface area (Å²) in [6, 6.07) is 9.55. The molecule has 0 saturated heterocycles. The highest BCUT2D eigenvalue weighted by Crippen LogP contribution is 2.36. The molecule has 0 fully saturated rings. The molecule has 0 spiro atoms. The van der Waals surface area contributed by atoms with E-state index in [2.05, 4.69) is 17.1 Å². The van der Waals surface area contributed by atoms with E-state index >= 15 is 0 Å². The molecule has 0 aromatic heterocycles. The molecule has 0 aliphatic heterocycles. The number of halogens is 3. The van der Waals surface area contributed by atoms with Gasteiger partial charge < -0.3 is 31.3 Å². The van der Waals surface area contributed by atoms with Crippen LogP contribution in [-0.4, -0.2) is 52.4 Å². The Kier molecular flexibility index (Phi) is 17.0. The molecule has 1 aliphatic rings. The first kappa shape index (κ1) is 34.4. The Labute approximate surface area is 234 Å². The number of fused-ring (bicyclic) bond motifs is 1. The number of nitrogen functional groups attached to an aromatic ring is 1. The quantitative estimate of drug-likeness (QED) is 0.123. The average molecular weight is 565 g/mol. The number of hydrogen-bond acceptors (Lipinski definition) is 6. The van der Waals surface area contributed by atoms with Gasteiger partial charge >= 0.3 is 0 Å². The van der Waals surface area contributed by atoms with E-state index in [4.69, 9.17) is 5.73 Å². The van der Waals surface area contributed by atoms with Gasteiger partial charge in [-0.05, 0) is 100 Å². The molecule has 0 heterocycles. The van der Waals surface area contributed by atoms with E-state index in [0.717, 1.165) is 69.4 Å². The Morgan fingerprint density at radius 3 is 2.36 bits per heavy atom. The number of hydrogen-bond donors (Lipinski definition) is 5. The van der Waals surface area contributed by atoms with Crippen LogP contribution in [0, 0.1) is 0 Å². The summed E-state index contributed by atoms with van der Waals surface area (Å²) in [5.41, 5.74) is 9.45. The van der Waals surface area contributed by atoms with Crippen molar-refractivity contribution in [3.63, 3.8) is 0 Å². The van der Waals surface area contributed by atoms with Gasteiger partial charge in [0.2, 0.25) is 0 Å². The summed E-state index contributed by atoms with van der Waals surface area (Å²) in [5, 5.41) is 32.9. The molecule has 1 aliphatic carbocycles. The van der Waals surface area contributed by atoms with E-state index in [0.29, 0.717) is 11.7 Å². The molecular weight excluding hydrogens is 521 g/mol. The van der Waals surface area contributed by atoms with Crippen LogP contribution >= 0.6 is 37.2 Å². The van der Waals surface area contributed by atoms with Gasteiger partial charge in [0.25, 0.3) is 0 Å². The minimum Gasteiger partial charge on any atom is -0.506 e. The zero-order valence-electron chi connectivity index (χ0n) is 21.2. The van der Waals surface area contributed by atoms with Crippen LogP contribution in [0.1, 0.15) is 62.1 Å². The lowest BCUT2D eigenvalue weighted by Crippen LogP contribution is -2.40. The summed E-state index contributed by atoms with van der Waals surface area (Å²) in [4.78, 5) is 2.63.